The summed E-state index contributed by atoms with van der Waals surface area (Å²) in [6.07, 6.45) is 3.73. The lowest BCUT2D eigenvalue weighted by Gasteiger charge is -2.04. The minimum Gasteiger partial charge on any atom is -0.293 e. The van der Waals surface area contributed by atoms with Crippen LogP contribution in [0.5, 0.6) is 0 Å². The zero-order chi connectivity index (χ0) is 12.7. The molecule has 1 nitrogen and oxygen atoms in total. The molecule has 0 radical (unpaired) electrons. The van der Waals surface area contributed by atoms with Crippen LogP contribution in [0.15, 0.2) is 18.2 Å². The maximum absolute atomic E-state index is 11.9. The fourth-order valence-corrected chi connectivity index (χ4v) is 2.52. The smallest absolute Gasteiger partial charge is 0.172 e. The molecule has 0 bridgehead atoms. The molecule has 0 aromatic heterocycles. The summed E-state index contributed by atoms with van der Waals surface area (Å²) >= 11 is 1.76. The largest absolute Gasteiger partial charge is 0.293 e. The SMILES string of the molecule is CCCCCSCC(=O)c1ccc(C)c(C)c1. The number of carbonyl (C=O) groups is 1. The van der Waals surface area contributed by atoms with Crippen molar-refractivity contribution in [3.63, 3.8) is 0 Å². The molecule has 17 heavy (non-hydrogen) atoms. The number of benzene rings is 1. The summed E-state index contributed by atoms with van der Waals surface area (Å²) in [5.74, 6) is 1.98. The topological polar surface area (TPSA) is 17.1 Å². The Morgan fingerprint density at radius 3 is 2.59 bits per heavy atom. The molecule has 0 saturated carbocycles. The molecule has 0 fully saturated rings. The number of carbonyl (C=O) groups excluding carboxylic acids is 1. The van der Waals surface area contributed by atoms with Crippen LogP contribution in [-0.4, -0.2) is 17.3 Å². The van der Waals surface area contributed by atoms with E-state index in [0.29, 0.717) is 5.75 Å². The maximum atomic E-state index is 11.9. The molecule has 0 aliphatic heterocycles. The van der Waals surface area contributed by atoms with Crippen LogP contribution in [0.4, 0.5) is 0 Å². The number of rotatable bonds is 7. The van der Waals surface area contributed by atoms with Crippen molar-refractivity contribution in [2.75, 3.05) is 11.5 Å². The van der Waals surface area contributed by atoms with E-state index in [2.05, 4.69) is 20.8 Å². The minimum absolute atomic E-state index is 0.259. The lowest BCUT2D eigenvalue weighted by Crippen LogP contribution is -2.03. The summed E-state index contributed by atoms with van der Waals surface area (Å²) in [6.45, 7) is 6.33. The fourth-order valence-electron chi connectivity index (χ4n) is 1.62. The van der Waals surface area contributed by atoms with E-state index < -0.39 is 0 Å². The first-order valence-corrected chi connectivity index (χ1v) is 7.48. The predicted molar refractivity (Wildman–Crippen MR) is 77.1 cm³/mol. The zero-order valence-electron chi connectivity index (χ0n) is 11.1. The number of Topliss-reactive ketones (excluding diaryl/α,β-unsaturated/α-hetero) is 1. The van der Waals surface area contributed by atoms with Gasteiger partial charge in [-0.05, 0) is 43.2 Å². The number of hydrogen-bond donors (Lipinski definition) is 0. The van der Waals surface area contributed by atoms with Crippen molar-refractivity contribution < 1.29 is 4.79 Å². The van der Waals surface area contributed by atoms with Gasteiger partial charge < -0.3 is 0 Å². The van der Waals surface area contributed by atoms with Crippen molar-refractivity contribution in [3.8, 4) is 0 Å². The highest BCUT2D eigenvalue weighted by Gasteiger charge is 2.06. The van der Waals surface area contributed by atoms with Crippen molar-refractivity contribution in [1.29, 1.82) is 0 Å². The van der Waals surface area contributed by atoms with Gasteiger partial charge in [0, 0.05) is 5.56 Å². The highest BCUT2D eigenvalue weighted by molar-refractivity contribution is 7.99. The fraction of sp³-hybridized carbons (Fsp3) is 0.533. The van der Waals surface area contributed by atoms with E-state index in [1.165, 1.54) is 30.4 Å². The van der Waals surface area contributed by atoms with Crippen molar-refractivity contribution in [2.24, 2.45) is 0 Å². The Labute approximate surface area is 109 Å². The van der Waals surface area contributed by atoms with Crippen LogP contribution in [0.25, 0.3) is 0 Å². The van der Waals surface area contributed by atoms with Gasteiger partial charge in [-0.3, -0.25) is 4.79 Å². The number of thioether (sulfide) groups is 1. The first-order valence-electron chi connectivity index (χ1n) is 6.33. The molecule has 0 aliphatic carbocycles. The van der Waals surface area contributed by atoms with Crippen LogP contribution >= 0.6 is 11.8 Å². The van der Waals surface area contributed by atoms with E-state index in [1.807, 2.05) is 18.2 Å². The molecule has 0 heterocycles. The molecular formula is C15H22OS. The first-order chi connectivity index (χ1) is 8.15. The van der Waals surface area contributed by atoms with Gasteiger partial charge in [0.05, 0.1) is 5.75 Å². The number of unbranched alkanes of at least 4 members (excludes halogenated alkanes) is 2. The number of ketones is 1. The van der Waals surface area contributed by atoms with Crippen LogP contribution in [-0.2, 0) is 0 Å². The van der Waals surface area contributed by atoms with Crippen molar-refractivity contribution >= 4 is 17.5 Å². The summed E-state index contributed by atoms with van der Waals surface area (Å²) in [4.78, 5) is 11.9. The highest BCUT2D eigenvalue weighted by atomic mass is 32.2. The first kappa shape index (κ1) is 14.3. The summed E-state index contributed by atoms with van der Waals surface area (Å²) in [7, 11) is 0. The van der Waals surface area contributed by atoms with Crippen molar-refractivity contribution in [3.05, 3.63) is 34.9 Å². The monoisotopic (exact) mass is 250 g/mol. The molecule has 1 aromatic carbocycles. The van der Waals surface area contributed by atoms with Crippen LogP contribution in [0.3, 0.4) is 0 Å². The Kier molecular flexibility index (Phi) is 6.35. The van der Waals surface area contributed by atoms with E-state index in [1.54, 1.807) is 11.8 Å². The molecule has 0 saturated heterocycles. The van der Waals surface area contributed by atoms with Gasteiger partial charge in [-0.15, -0.1) is 0 Å². The van der Waals surface area contributed by atoms with Crippen LogP contribution in [0, 0.1) is 13.8 Å². The molecule has 0 N–H and O–H groups in total. The van der Waals surface area contributed by atoms with E-state index in [4.69, 9.17) is 0 Å². The van der Waals surface area contributed by atoms with Crippen LogP contribution in [0.1, 0.15) is 47.7 Å². The Bertz CT molecular complexity index is 371. The third-order valence-corrected chi connectivity index (χ3v) is 4.00. The van der Waals surface area contributed by atoms with Gasteiger partial charge in [0.25, 0.3) is 0 Å². The molecule has 94 valence electrons. The predicted octanol–water partition coefficient (Wildman–Crippen LogP) is 4.41. The molecular weight excluding hydrogens is 228 g/mol. The Balaban J connectivity index is 2.39. The molecule has 0 unspecified atom stereocenters. The van der Waals surface area contributed by atoms with Gasteiger partial charge in [-0.2, -0.15) is 11.8 Å². The van der Waals surface area contributed by atoms with Gasteiger partial charge in [0.2, 0.25) is 0 Å². The molecule has 2 heteroatoms. The second-order valence-electron chi connectivity index (χ2n) is 4.48. The number of hydrogen-bond acceptors (Lipinski definition) is 2. The van der Waals surface area contributed by atoms with E-state index in [0.717, 1.165) is 11.3 Å². The van der Waals surface area contributed by atoms with Gasteiger partial charge in [0.1, 0.15) is 0 Å². The third kappa shape index (κ3) is 4.95. The lowest BCUT2D eigenvalue weighted by atomic mass is 10.0. The molecule has 1 aromatic rings. The molecule has 0 aliphatic rings. The van der Waals surface area contributed by atoms with Gasteiger partial charge in [-0.1, -0.05) is 31.9 Å². The summed E-state index contributed by atoms with van der Waals surface area (Å²) < 4.78 is 0. The molecule has 1 rings (SSSR count). The molecule has 0 atom stereocenters. The van der Waals surface area contributed by atoms with Gasteiger partial charge in [-0.25, -0.2) is 0 Å². The van der Waals surface area contributed by atoms with Crippen LogP contribution in [0.2, 0.25) is 0 Å². The Morgan fingerprint density at radius 1 is 1.18 bits per heavy atom. The summed E-state index contributed by atoms with van der Waals surface area (Å²) in [6, 6.07) is 5.98. The van der Waals surface area contributed by atoms with Gasteiger partial charge in [0.15, 0.2) is 5.78 Å². The maximum Gasteiger partial charge on any atom is 0.172 e. The van der Waals surface area contributed by atoms with Crippen molar-refractivity contribution in [1.82, 2.24) is 0 Å². The van der Waals surface area contributed by atoms with Gasteiger partial charge >= 0.3 is 0 Å². The number of aryl methyl sites for hydroxylation is 2. The van der Waals surface area contributed by atoms with Crippen LogP contribution < -0.4 is 0 Å². The molecule has 0 amide bonds. The second kappa shape index (κ2) is 7.54. The van der Waals surface area contributed by atoms with Crippen molar-refractivity contribution in [2.45, 2.75) is 40.0 Å². The average Bonchev–Trinajstić information content (AvgIpc) is 2.32. The standard InChI is InChI=1S/C15H22OS/c1-4-5-6-9-17-11-15(16)14-8-7-12(2)13(3)10-14/h7-8,10H,4-6,9,11H2,1-3H3. The summed E-state index contributed by atoms with van der Waals surface area (Å²) in [5.41, 5.74) is 3.31. The molecule has 0 spiro atoms. The third-order valence-electron chi connectivity index (χ3n) is 2.95. The summed E-state index contributed by atoms with van der Waals surface area (Å²) in [5, 5.41) is 0. The Morgan fingerprint density at radius 2 is 1.94 bits per heavy atom. The average molecular weight is 250 g/mol. The normalized spacial score (nSPS) is 10.5. The lowest BCUT2D eigenvalue weighted by molar-refractivity contribution is 0.102. The Hall–Kier alpha value is -0.760. The van der Waals surface area contributed by atoms with E-state index in [-0.39, 0.29) is 5.78 Å². The van der Waals surface area contributed by atoms with E-state index >= 15 is 0 Å². The second-order valence-corrected chi connectivity index (χ2v) is 5.59. The highest BCUT2D eigenvalue weighted by Crippen LogP contribution is 2.13. The van der Waals surface area contributed by atoms with E-state index in [9.17, 15) is 4.79 Å². The zero-order valence-corrected chi connectivity index (χ0v) is 11.9. The quantitative estimate of drug-likeness (QED) is 0.526. The minimum atomic E-state index is 0.259.